The number of halogens is 1. The Kier molecular flexibility index (Phi) is 7.85. The molecule has 2 aliphatic rings. The Morgan fingerprint density at radius 3 is 2.84 bits per heavy atom. The van der Waals surface area contributed by atoms with Gasteiger partial charge in [0.2, 0.25) is 0 Å². The van der Waals surface area contributed by atoms with Crippen molar-refractivity contribution in [2.45, 2.75) is 12.5 Å². The summed E-state index contributed by atoms with van der Waals surface area (Å²) >= 11 is 0. The second-order valence-electron chi connectivity index (χ2n) is 9.24. The van der Waals surface area contributed by atoms with Gasteiger partial charge in [-0.3, -0.25) is 9.69 Å². The predicted octanol–water partition coefficient (Wildman–Crippen LogP) is 2.31. The number of morpholine rings is 1. The number of benzene rings is 2. The maximum Gasteiger partial charge on any atom is 0.342 e. The van der Waals surface area contributed by atoms with Gasteiger partial charge in [-0.15, -0.1) is 0 Å². The topological polar surface area (TPSA) is 98.2 Å². The molecule has 2 aromatic carbocycles. The van der Waals surface area contributed by atoms with E-state index in [2.05, 4.69) is 15.3 Å². The van der Waals surface area contributed by atoms with Gasteiger partial charge in [0, 0.05) is 45.4 Å². The van der Waals surface area contributed by atoms with Gasteiger partial charge in [0.15, 0.2) is 0 Å². The lowest BCUT2D eigenvalue weighted by atomic mass is 10.1. The second-order valence-corrected chi connectivity index (χ2v) is 9.24. The van der Waals surface area contributed by atoms with Gasteiger partial charge in [-0.2, -0.15) is 9.78 Å². The SMILES string of the molecule is CN1C(=O)[C@@H](NC(=O)n2cc(Cc3cccc(F)c3)cn2)COc2ccc(OCCN3CCOCC3)cc21. The average molecular weight is 524 g/mol. The number of hydrogen-bond acceptors (Lipinski definition) is 7. The van der Waals surface area contributed by atoms with Crippen LogP contribution in [-0.2, 0) is 16.0 Å². The van der Waals surface area contributed by atoms with Crippen LogP contribution in [0.25, 0.3) is 0 Å². The Labute approximate surface area is 219 Å². The molecular formula is C27H30FN5O5. The summed E-state index contributed by atoms with van der Waals surface area (Å²) in [5.41, 5.74) is 2.06. The van der Waals surface area contributed by atoms with Gasteiger partial charge in [0.1, 0.15) is 36.6 Å². The number of nitrogens with zero attached hydrogens (tertiary/aromatic N) is 4. The van der Waals surface area contributed by atoms with Crippen LogP contribution in [0.1, 0.15) is 11.1 Å². The molecule has 11 heteroatoms. The number of amides is 2. The van der Waals surface area contributed by atoms with Gasteiger partial charge >= 0.3 is 6.03 Å². The summed E-state index contributed by atoms with van der Waals surface area (Å²) < 4.78 is 31.7. The zero-order valence-electron chi connectivity index (χ0n) is 21.1. The fraction of sp³-hybridized carbons (Fsp3) is 0.370. The van der Waals surface area contributed by atoms with Crippen molar-refractivity contribution in [3.8, 4) is 11.5 Å². The summed E-state index contributed by atoms with van der Waals surface area (Å²) in [6.45, 7) is 4.51. The number of fused-ring (bicyclic) bond motifs is 1. The largest absolute Gasteiger partial charge is 0.492 e. The minimum Gasteiger partial charge on any atom is -0.492 e. The van der Waals surface area contributed by atoms with Crippen LogP contribution in [0.2, 0.25) is 0 Å². The smallest absolute Gasteiger partial charge is 0.342 e. The van der Waals surface area contributed by atoms with Crippen LogP contribution in [0.15, 0.2) is 54.9 Å². The summed E-state index contributed by atoms with van der Waals surface area (Å²) in [6.07, 6.45) is 3.52. The van der Waals surface area contributed by atoms with Crippen molar-refractivity contribution >= 4 is 17.6 Å². The van der Waals surface area contributed by atoms with Crippen LogP contribution in [0, 0.1) is 5.82 Å². The van der Waals surface area contributed by atoms with Gasteiger partial charge < -0.3 is 24.4 Å². The monoisotopic (exact) mass is 523 g/mol. The van der Waals surface area contributed by atoms with E-state index in [0.717, 1.165) is 48.7 Å². The number of likely N-dealkylation sites (N-methyl/N-ethyl adjacent to an activating group) is 1. The number of hydrogen-bond donors (Lipinski definition) is 1. The molecule has 3 heterocycles. The first kappa shape index (κ1) is 25.7. The van der Waals surface area contributed by atoms with Crippen LogP contribution in [0.4, 0.5) is 14.9 Å². The van der Waals surface area contributed by atoms with E-state index in [1.165, 1.54) is 17.0 Å². The van der Waals surface area contributed by atoms with Crippen molar-refractivity contribution in [2.24, 2.45) is 0 Å². The first-order valence-electron chi connectivity index (χ1n) is 12.5. The van der Waals surface area contributed by atoms with E-state index in [1.54, 1.807) is 49.8 Å². The summed E-state index contributed by atoms with van der Waals surface area (Å²) in [7, 11) is 1.64. The first-order valence-corrected chi connectivity index (χ1v) is 12.5. The van der Waals surface area contributed by atoms with Crippen molar-refractivity contribution in [1.29, 1.82) is 0 Å². The maximum atomic E-state index is 13.5. The summed E-state index contributed by atoms with van der Waals surface area (Å²) in [4.78, 5) is 29.8. The fourth-order valence-electron chi connectivity index (χ4n) is 4.45. The molecule has 1 atom stereocenters. The highest BCUT2D eigenvalue weighted by Gasteiger charge is 2.31. The number of carbonyl (C=O) groups is 2. The molecule has 3 aromatic rings. The minimum absolute atomic E-state index is 0.0312. The molecule has 0 unspecified atom stereocenters. The lowest BCUT2D eigenvalue weighted by Gasteiger charge is -2.26. The molecule has 0 bridgehead atoms. The Balaban J connectivity index is 1.19. The van der Waals surface area contributed by atoms with Crippen LogP contribution >= 0.6 is 0 Å². The van der Waals surface area contributed by atoms with E-state index >= 15 is 0 Å². The summed E-state index contributed by atoms with van der Waals surface area (Å²) in [5.74, 6) is 0.505. The molecule has 200 valence electrons. The van der Waals surface area contributed by atoms with E-state index < -0.39 is 12.1 Å². The highest BCUT2D eigenvalue weighted by Crippen LogP contribution is 2.34. The van der Waals surface area contributed by atoms with E-state index in [-0.39, 0.29) is 18.3 Å². The molecule has 0 spiro atoms. The molecule has 2 amide bonds. The summed E-state index contributed by atoms with van der Waals surface area (Å²) in [5, 5.41) is 6.80. The highest BCUT2D eigenvalue weighted by molar-refractivity contribution is 6.00. The minimum atomic E-state index is -0.915. The van der Waals surface area contributed by atoms with Gasteiger partial charge in [-0.05, 0) is 35.4 Å². The van der Waals surface area contributed by atoms with Crippen LogP contribution in [0.5, 0.6) is 11.5 Å². The Hall–Kier alpha value is -3.96. The summed E-state index contributed by atoms with van der Waals surface area (Å²) in [6, 6.07) is 10.1. The standard InChI is InChI=1S/C27H30FN5O5/c1-31-24-15-22(37-12-9-32-7-10-36-11-8-32)5-6-25(24)38-18-23(26(31)34)30-27(35)33-17-20(16-29-33)13-19-3-2-4-21(28)14-19/h2-6,14-17,23H,7-13,18H2,1H3,(H,30,35)/t23-/m0/s1. The predicted molar refractivity (Wildman–Crippen MR) is 137 cm³/mol. The van der Waals surface area contributed by atoms with Crippen molar-refractivity contribution < 1.29 is 28.2 Å². The van der Waals surface area contributed by atoms with Crippen molar-refractivity contribution in [2.75, 3.05) is 58.0 Å². The third kappa shape index (κ3) is 6.12. The second kappa shape index (κ2) is 11.6. The normalized spacial score (nSPS) is 17.9. The maximum absolute atomic E-state index is 13.5. The van der Waals surface area contributed by atoms with Crippen molar-refractivity contribution in [3.63, 3.8) is 0 Å². The third-order valence-corrected chi connectivity index (χ3v) is 6.55. The van der Waals surface area contributed by atoms with Crippen LogP contribution in [0.3, 0.4) is 0 Å². The van der Waals surface area contributed by atoms with Gasteiger partial charge in [-0.1, -0.05) is 12.1 Å². The van der Waals surface area contributed by atoms with Gasteiger partial charge in [0.05, 0.1) is 25.1 Å². The molecule has 5 rings (SSSR count). The number of aromatic nitrogens is 2. The highest BCUT2D eigenvalue weighted by atomic mass is 19.1. The fourth-order valence-corrected chi connectivity index (χ4v) is 4.45. The molecule has 10 nitrogen and oxygen atoms in total. The van der Waals surface area contributed by atoms with E-state index in [1.807, 2.05) is 0 Å². The van der Waals surface area contributed by atoms with Crippen molar-refractivity contribution in [3.05, 3.63) is 71.8 Å². The quantitative estimate of drug-likeness (QED) is 0.508. The molecule has 0 radical (unpaired) electrons. The van der Waals surface area contributed by atoms with Crippen molar-refractivity contribution in [1.82, 2.24) is 20.0 Å². The lowest BCUT2D eigenvalue weighted by molar-refractivity contribution is -0.120. The van der Waals surface area contributed by atoms with E-state index in [9.17, 15) is 14.0 Å². The molecule has 1 aromatic heterocycles. The number of ether oxygens (including phenoxy) is 3. The zero-order valence-corrected chi connectivity index (χ0v) is 21.1. The molecule has 1 fully saturated rings. The van der Waals surface area contributed by atoms with Gasteiger partial charge in [0.25, 0.3) is 5.91 Å². The molecule has 38 heavy (non-hydrogen) atoms. The van der Waals surface area contributed by atoms with E-state index in [4.69, 9.17) is 14.2 Å². The molecule has 0 aliphatic carbocycles. The number of carbonyl (C=O) groups excluding carboxylic acids is 2. The molecule has 2 aliphatic heterocycles. The Morgan fingerprint density at radius 1 is 1.18 bits per heavy atom. The third-order valence-electron chi connectivity index (χ3n) is 6.55. The molecule has 1 saturated heterocycles. The molecular weight excluding hydrogens is 493 g/mol. The van der Waals surface area contributed by atoms with Gasteiger partial charge in [-0.25, -0.2) is 9.18 Å². The van der Waals surface area contributed by atoms with Crippen LogP contribution in [-0.4, -0.2) is 85.8 Å². The van der Waals surface area contributed by atoms with Crippen LogP contribution < -0.4 is 19.7 Å². The Bertz CT molecular complexity index is 1290. The van der Waals surface area contributed by atoms with E-state index in [0.29, 0.717) is 30.2 Å². The number of anilines is 1. The number of rotatable bonds is 7. The number of nitrogens with one attached hydrogen (secondary N) is 1. The zero-order chi connectivity index (χ0) is 26.5. The average Bonchev–Trinajstić information content (AvgIpc) is 3.35. The Morgan fingerprint density at radius 2 is 2.03 bits per heavy atom. The molecule has 0 saturated carbocycles. The molecule has 1 N–H and O–H groups in total. The lowest BCUT2D eigenvalue weighted by Crippen LogP contribution is -2.50. The first-order chi connectivity index (χ1) is 18.5.